The lowest BCUT2D eigenvalue weighted by molar-refractivity contribution is -0.140. The van der Waals surface area contributed by atoms with E-state index in [2.05, 4.69) is 0 Å². The maximum absolute atomic E-state index is 11.2. The van der Waals surface area contributed by atoms with Crippen molar-refractivity contribution in [1.82, 2.24) is 4.90 Å². The third-order valence-corrected chi connectivity index (χ3v) is 2.09. The van der Waals surface area contributed by atoms with E-state index in [9.17, 15) is 9.59 Å². The summed E-state index contributed by atoms with van der Waals surface area (Å²) in [6, 6.07) is 1.79. The van der Waals surface area contributed by atoms with Gasteiger partial charge >= 0.3 is 0 Å². The first kappa shape index (κ1) is 8.04. The van der Waals surface area contributed by atoms with Gasteiger partial charge in [-0.2, -0.15) is 0 Å². The van der Waals surface area contributed by atoms with Gasteiger partial charge in [0.1, 0.15) is 0 Å². The summed E-state index contributed by atoms with van der Waals surface area (Å²) in [4.78, 5) is 23.6. The second-order valence-electron chi connectivity index (χ2n) is 3.03. The zero-order valence-electron chi connectivity index (χ0n) is 7.03. The summed E-state index contributed by atoms with van der Waals surface area (Å²) in [6.45, 7) is 1.00. The number of carbonyl (C=O) groups excluding carboxylic acids is 2. The van der Waals surface area contributed by atoms with E-state index < -0.39 is 0 Å². The first-order valence-electron chi connectivity index (χ1n) is 4.10. The molecule has 68 valence electrons. The van der Waals surface area contributed by atoms with Crippen LogP contribution in [0.25, 0.3) is 0 Å². The van der Waals surface area contributed by atoms with Crippen molar-refractivity contribution in [2.24, 2.45) is 0 Å². The Hall–Kier alpha value is -1.58. The van der Waals surface area contributed by atoms with Gasteiger partial charge in [-0.25, -0.2) is 0 Å². The van der Waals surface area contributed by atoms with Crippen LogP contribution in [0.2, 0.25) is 0 Å². The molecule has 1 amide bonds. The summed E-state index contributed by atoms with van der Waals surface area (Å²) in [5, 5.41) is 0. The summed E-state index contributed by atoms with van der Waals surface area (Å²) < 4.78 is 4.86. The predicted molar refractivity (Wildman–Crippen MR) is 43.7 cm³/mol. The van der Waals surface area contributed by atoms with Gasteiger partial charge in [0.2, 0.25) is 5.78 Å². The second-order valence-corrected chi connectivity index (χ2v) is 3.03. The summed E-state index contributed by atoms with van der Waals surface area (Å²) in [5.41, 5.74) is 0.919. The average Bonchev–Trinajstić information content (AvgIpc) is 2.71. The van der Waals surface area contributed by atoms with Gasteiger partial charge in [-0.1, -0.05) is 0 Å². The first-order valence-corrected chi connectivity index (χ1v) is 4.10. The number of nitrogens with zero attached hydrogens (tertiary/aromatic N) is 1. The molecule has 0 N–H and O–H groups in total. The molecular formula is C9H9NO3. The van der Waals surface area contributed by atoms with Gasteiger partial charge in [0.25, 0.3) is 5.91 Å². The van der Waals surface area contributed by atoms with Crippen molar-refractivity contribution in [2.75, 3.05) is 6.54 Å². The molecule has 2 rings (SSSR count). The molecule has 0 saturated carbocycles. The second kappa shape index (κ2) is 3.05. The highest BCUT2D eigenvalue weighted by Gasteiger charge is 2.28. The number of furan rings is 1. The third-order valence-electron chi connectivity index (χ3n) is 2.09. The number of likely N-dealkylation sites (tertiary alicyclic amines) is 1. The molecule has 0 radical (unpaired) electrons. The van der Waals surface area contributed by atoms with Gasteiger partial charge < -0.3 is 9.32 Å². The molecule has 1 aromatic heterocycles. The monoisotopic (exact) mass is 179 g/mol. The maximum Gasteiger partial charge on any atom is 0.290 e. The zero-order chi connectivity index (χ0) is 9.26. The van der Waals surface area contributed by atoms with E-state index in [0.717, 1.165) is 5.56 Å². The molecule has 0 aromatic carbocycles. The van der Waals surface area contributed by atoms with Crippen LogP contribution in [0.4, 0.5) is 0 Å². The number of carbonyl (C=O) groups is 2. The zero-order valence-corrected chi connectivity index (χ0v) is 7.03. The Morgan fingerprint density at radius 3 is 2.85 bits per heavy atom. The molecule has 0 spiro atoms. The van der Waals surface area contributed by atoms with Crippen LogP contribution in [0.5, 0.6) is 0 Å². The fourth-order valence-electron chi connectivity index (χ4n) is 1.38. The molecule has 0 bridgehead atoms. The van der Waals surface area contributed by atoms with Crippen LogP contribution in [-0.4, -0.2) is 23.1 Å². The number of ketones is 1. The molecule has 1 aliphatic heterocycles. The minimum Gasteiger partial charge on any atom is -0.472 e. The van der Waals surface area contributed by atoms with Crippen LogP contribution in [0.15, 0.2) is 23.0 Å². The van der Waals surface area contributed by atoms with Gasteiger partial charge in [-0.15, -0.1) is 0 Å². The number of hydrogen-bond donors (Lipinski definition) is 0. The van der Waals surface area contributed by atoms with Gasteiger partial charge in [0, 0.05) is 25.1 Å². The molecule has 1 saturated heterocycles. The molecule has 13 heavy (non-hydrogen) atoms. The van der Waals surface area contributed by atoms with Crippen molar-refractivity contribution in [1.29, 1.82) is 0 Å². The Morgan fingerprint density at radius 2 is 2.31 bits per heavy atom. The van der Waals surface area contributed by atoms with Crippen molar-refractivity contribution in [3.63, 3.8) is 0 Å². The smallest absolute Gasteiger partial charge is 0.290 e. The van der Waals surface area contributed by atoms with Crippen molar-refractivity contribution in [3.05, 3.63) is 24.2 Å². The van der Waals surface area contributed by atoms with Crippen LogP contribution in [-0.2, 0) is 16.1 Å². The molecule has 1 fully saturated rings. The molecule has 1 aromatic rings. The number of hydrogen-bond acceptors (Lipinski definition) is 3. The van der Waals surface area contributed by atoms with Crippen LogP contribution in [0, 0.1) is 0 Å². The Balaban J connectivity index is 2.04. The van der Waals surface area contributed by atoms with E-state index in [4.69, 9.17) is 4.42 Å². The highest BCUT2D eigenvalue weighted by molar-refractivity contribution is 6.37. The molecule has 1 aliphatic rings. The number of rotatable bonds is 2. The largest absolute Gasteiger partial charge is 0.472 e. The summed E-state index contributed by atoms with van der Waals surface area (Å²) in [6.07, 6.45) is 3.48. The van der Waals surface area contributed by atoms with Gasteiger partial charge in [0.05, 0.1) is 12.5 Å². The third kappa shape index (κ3) is 1.47. The minimum absolute atomic E-state index is 0.288. The highest BCUT2D eigenvalue weighted by atomic mass is 16.3. The van der Waals surface area contributed by atoms with Crippen LogP contribution in [0.3, 0.4) is 0 Å². The summed E-state index contributed by atoms with van der Waals surface area (Å²) in [7, 11) is 0. The van der Waals surface area contributed by atoms with E-state index in [1.807, 2.05) is 0 Å². The van der Waals surface area contributed by atoms with Gasteiger partial charge in [0.15, 0.2) is 0 Å². The minimum atomic E-state index is -0.374. The molecule has 0 aliphatic carbocycles. The molecular weight excluding hydrogens is 170 g/mol. The van der Waals surface area contributed by atoms with E-state index in [1.54, 1.807) is 18.6 Å². The van der Waals surface area contributed by atoms with Crippen LogP contribution >= 0.6 is 0 Å². The quantitative estimate of drug-likeness (QED) is 0.624. The van der Waals surface area contributed by atoms with Gasteiger partial charge in [-0.3, -0.25) is 9.59 Å². The van der Waals surface area contributed by atoms with E-state index in [-0.39, 0.29) is 11.7 Å². The molecule has 2 heterocycles. The highest BCUT2D eigenvalue weighted by Crippen LogP contribution is 2.11. The van der Waals surface area contributed by atoms with Crippen LogP contribution < -0.4 is 0 Å². The lowest BCUT2D eigenvalue weighted by atomic mass is 10.3. The van der Waals surface area contributed by atoms with E-state index in [1.165, 1.54) is 4.90 Å². The van der Waals surface area contributed by atoms with Crippen molar-refractivity contribution in [2.45, 2.75) is 13.0 Å². The Labute approximate surface area is 75.1 Å². The van der Waals surface area contributed by atoms with Crippen molar-refractivity contribution in [3.8, 4) is 0 Å². The molecule has 0 atom stereocenters. The first-order chi connectivity index (χ1) is 6.27. The average molecular weight is 179 g/mol. The van der Waals surface area contributed by atoms with E-state index in [0.29, 0.717) is 19.5 Å². The Kier molecular flexibility index (Phi) is 1.88. The number of Topliss-reactive ketones (excluding diaryl/α,β-unsaturated/α-hetero) is 1. The lowest BCUT2D eigenvalue weighted by Gasteiger charge is -2.11. The lowest BCUT2D eigenvalue weighted by Crippen LogP contribution is -2.26. The predicted octanol–water partition coefficient (Wildman–Crippen LogP) is 0.581. The molecule has 4 heteroatoms. The van der Waals surface area contributed by atoms with Crippen LogP contribution in [0.1, 0.15) is 12.0 Å². The van der Waals surface area contributed by atoms with Crippen molar-refractivity contribution < 1.29 is 14.0 Å². The standard InChI is InChI=1S/C9H9NO3/c11-8-1-3-10(9(8)12)5-7-2-4-13-6-7/h2,4,6H,1,3,5H2. The topological polar surface area (TPSA) is 50.5 Å². The molecule has 4 nitrogen and oxygen atoms in total. The SMILES string of the molecule is O=C1CCN(Cc2ccoc2)C1=O. The summed E-state index contributed by atoms with van der Waals surface area (Å²) in [5.74, 6) is -0.662. The molecule has 0 unspecified atom stereocenters. The summed E-state index contributed by atoms with van der Waals surface area (Å²) >= 11 is 0. The Bertz CT molecular complexity index is 329. The maximum atomic E-state index is 11.2. The normalized spacial score (nSPS) is 17.1. The fourth-order valence-corrected chi connectivity index (χ4v) is 1.38. The van der Waals surface area contributed by atoms with Crippen molar-refractivity contribution >= 4 is 11.7 Å². The number of amides is 1. The van der Waals surface area contributed by atoms with E-state index >= 15 is 0 Å². The van der Waals surface area contributed by atoms with Gasteiger partial charge in [-0.05, 0) is 6.07 Å². The Morgan fingerprint density at radius 1 is 1.46 bits per heavy atom. The fraction of sp³-hybridized carbons (Fsp3) is 0.333.